The van der Waals surface area contributed by atoms with E-state index in [-0.39, 0.29) is 18.5 Å². The summed E-state index contributed by atoms with van der Waals surface area (Å²) < 4.78 is 0.943. The van der Waals surface area contributed by atoms with Crippen LogP contribution in [0.4, 0.5) is 10.5 Å². The van der Waals surface area contributed by atoms with Gasteiger partial charge in [-0.1, -0.05) is 12.1 Å². The van der Waals surface area contributed by atoms with Gasteiger partial charge >= 0.3 is 6.03 Å². The van der Waals surface area contributed by atoms with Crippen LogP contribution in [0.2, 0.25) is 0 Å². The molecule has 92 valence electrons. The van der Waals surface area contributed by atoms with Crippen molar-refractivity contribution in [1.82, 2.24) is 10.6 Å². The predicted octanol–water partition coefficient (Wildman–Crippen LogP) is 1.55. The first kappa shape index (κ1) is 13.8. The van der Waals surface area contributed by atoms with Gasteiger partial charge in [-0.3, -0.25) is 4.79 Å². The Balaban J connectivity index is 2.40. The lowest BCUT2D eigenvalue weighted by molar-refractivity contribution is -0.119. The molecule has 5 nitrogen and oxygen atoms in total. The third-order valence-corrected chi connectivity index (χ3v) is 2.85. The molecule has 6 heteroatoms. The largest absolute Gasteiger partial charge is 0.355 e. The van der Waals surface area contributed by atoms with Gasteiger partial charge in [0.05, 0.1) is 12.2 Å². The van der Waals surface area contributed by atoms with Crippen molar-refractivity contribution in [2.75, 3.05) is 18.4 Å². The monoisotopic (exact) mass is 347 g/mol. The highest BCUT2D eigenvalue weighted by molar-refractivity contribution is 14.1. The number of hydrogen-bond donors (Lipinski definition) is 3. The van der Waals surface area contributed by atoms with E-state index >= 15 is 0 Å². The van der Waals surface area contributed by atoms with Crippen molar-refractivity contribution in [1.29, 1.82) is 0 Å². The summed E-state index contributed by atoms with van der Waals surface area (Å²) in [4.78, 5) is 22.6. The van der Waals surface area contributed by atoms with Gasteiger partial charge in [0.25, 0.3) is 0 Å². The zero-order chi connectivity index (χ0) is 12.7. The average Bonchev–Trinajstić information content (AvgIpc) is 2.30. The van der Waals surface area contributed by atoms with Crippen LogP contribution >= 0.6 is 22.6 Å². The molecule has 0 fully saturated rings. The Morgan fingerprint density at radius 3 is 2.59 bits per heavy atom. The highest BCUT2D eigenvalue weighted by Gasteiger charge is 2.06. The molecule has 0 bridgehead atoms. The molecule has 0 heterocycles. The summed E-state index contributed by atoms with van der Waals surface area (Å²) in [6.07, 6.45) is 0. The van der Waals surface area contributed by atoms with Gasteiger partial charge in [0, 0.05) is 10.1 Å². The van der Waals surface area contributed by atoms with E-state index in [1.807, 2.05) is 25.1 Å². The van der Waals surface area contributed by atoms with Gasteiger partial charge in [-0.15, -0.1) is 0 Å². The van der Waals surface area contributed by atoms with Crippen molar-refractivity contribution in [3.05, 3.63) is 27.8 Å². The lowest BCUT2D eigenvalue weighted by Gasteiger charge is -2.08. The Hall–Kier alpha value is -1.31. The van der Waals surface area contributed by atoms with E-state index in [9.17, 15) is 9.59 Å². The molecule has 0 saturated heterocycles. The van der Waals surface area contributed by atoms with Crippen LogP contribution in [0.25, 0.3) is 0 Å². The van der Waals surface area contributed by atoms with Gasteiger partial charge in [0.15, 0.2) is 0 Å². The topological polar surface area (TPSA) is 70.2 Å². The van der Waals surface area contributed by atoms with E-state index in [1.54, 1.807) is 6.07 Å². The number of amides is 3. The quantitative estimate of drug-likeness (QED) is 0.724. The van der Waals surface area contributed by atoms with Crippen LogP contribution in [-0.2, 0) is 4.79 Å². The normalized spacial score (nSPS) is 9.53. The smallest absolute Gasteiger partial charge is 0.319 e. The van der Waals surface area contributed by atoms with Crippen molar-refractivity contribution >= 4 is 40.2 Å². The van der Waals surface area contributed by atoms with E-state index in [4.69, 9.17) is 0 Å². The summed E-state index contributed by atoms with van der Waals surface area (Å²) >= 11 is 2.13. The van der Waals surface area contributed by atoms with Crippen LogP contribution in [0.1, 0.15) is 6.92 Å². The van der Waals surface area contributed by atoms with E-state index < -0.39 is 0 Å². The minimum atomic E-state index is -0.389. The van der Waals surface area contributed by atoms with Gasteiger partial charge in [0.1, 0.15) is 0 Å². The molecule has 0 aliphatic carbocycles. The van der Waals surface area contributed by atoms with Crippen molar-refractivity contribution in [2.45, 2.75) is 6.92 Å². The summed E-state index contributed by atoms with van der Waals surface area (Å²) in [5, 5.41) is 7.74. The van der Waals surface area contributed by atoms with Crippen LogP contribution in [-0.4, -0.2) is 25.0 Å². The fourth-order valence-corrected chi connectivity index (χ4v) is 1.67. The van der Waals surface area contributed by atoms with Gasteiger partial charge in [-0.25, -0.2) is 4.79 Å². The third kappa shape index (κ3) is 5.03. The van der Waals surface area contributed by atoms with Crippen LogP contribution in [0.15, 0.2) is 24.3 Å². The third-order valence-electron chi connectivity index (χ3n) is 1.91. The Morgan fingerprint density at radius 1 is 1.24 bits per heavy atom. The number of rotatable bonds is 4. The van der Waals surface area contributed by atoms with Gasteiger partial charge in [-0.2, -0.15) is 0 Å². The maximum atomic E-state index is 11.5. The van der Waals surface area contributed by atoms with Crippen molar-refractivity contribution in [2.24, 2.45) is 0 Å². The number of nitrogens with one attached hydrogen (secondary N) is 3. The molecule has 0 spiro atoms. The summed E-state index contributed by atoms with van der Waals surface area (Å²) in [5.41, 5.74) is 0.724. The lowest BCUT2D eigenvalue weighted by Crippen LogP contribution is -2.38. The maximum Gasteiger partial charge on any atom is 0.319 e. The molecule has 3 amide bonds. The molecular weight excluding hydrogens is 333 g/mol. The van der Waals surface area contributed by atoms with Crippen molar-refractivity contribution in [3.8, 4) is 0 Å². The standard InChI is InChI=1S/C11H14IN3O2/c1-2-13-10(16)7-14-11(17)15-9-6-4-3-5-8(9)12/h3-6H,2,7H2,1H3,(H,13,16)(H2,14,15,17). The van der Waals surface area contributed by atoms with Gasteiger partial charge in [-0.05, 0) is 41.6 Å². The molecule has 1 aromatic carbocycles. The number of carbonyl (C=O) groups excluding carboxylic acids is 2. The highest BCUT2D eigenvalue weighted by Crippen LogP contribution is 2.16. The fraction of sp³-hybridized carbons (Fsp3) is 0.273. The number of anilines is 1. The predicted molar refractivity (Wildman–Crippen MR) is 74.9 cm³/mol. The molecular formula is C11H14IN3O2. The van der Waals surface area contributed by atoms with Crippen LogP contribution in [0.3, 0.4) is 0 Å². The molecule has 0 unspecified atom stereocenters. The van der Waals surface area contributed by atoms with E-state index in [0.717, 1.165) is 9.26 Å². The molecule has 3 N–H and O–H groups in total. The van der Waals surface area contributed by atoms with Crippen molar-refractivity contribution < 1.29 is 9.59 Å². The molecule has 0 atom stereocenters. The Labute approximate surface area is 113 Å². The summed E-state index contributed by atoms with van der Waals surface area (Å²) in [6, 6.07) is 7.02. The molecule has 0 radical (unpaired) electrons. The molecule has 1 aromatic rings. The second-order valence-electron chi connectivity index (χ2n) is 3.24. The van der Waals surface area contributed by atoms with Crippen molar-refractivity contribution in [3.63, 3.8) is 0 Å². The highest BCUT2D eigenvalue weighted by atomic mass is 127. The minimum absolute atomic E-state index is 0.0247. The minimum Gasteiger partial charge on any atom is -0.355 e. The number of likely N-dealkylation sites (N-methyl/N-ethyl adjacent to an activating group) is 1. The first-order valence-electron chi connectivity index (χ1n) is 5.19. The molecule has 0 aliphatic heterocycles. The van der Waals surface area contributed by atoms with Crippen LogP contribution in [0.5, 0.6) is 0 Å². The van der Waals surface area contributed by atoms with E-state index in [0.29, 0.717) is 6.54 Å². The molecule has 0 aliphatic rings. The first-order chi connectivity index (χ1) is 8.13. The number of halogens is 1. The summed E-state index contributed by atoms with van der Waals surface area (Å²) in [6.45, 7) is 2.35. The zero-order valence-corrected chi connectivity index (χ0v) is 11.6. The van der Waals surface area contributed by atoms with E-state index in [2.05, 4.69) is 38.5 Å². The molecule has 0 saturated carbocycles. The average molecular weight is 347 g/mol. The second-order valence-corrected chi connectivity index (χ2v) is 4.40. The Morgan fingerprint density at radius 2 is 1.94 bits per heavy atom. The summed E-state index contributed by atoms with van der Waals surface area (Å²) in [7, 11) is 0. The summed E-state index contributed by atoms with van der Waals surface area (Å²) in [5.74, 6) is -0.203. The van der Waals surface area contributed by atoms with E-state index in [1.165, 1.54) is 0 Å². The number of para-hydroxylation sites is 1. The molecule has 1 rings (SSSR count). The SMILES string of the molecule is CCNC(=O)CNC(=O)Nc1ccccc1I. The van der Waals surface area contributed by atoms with Gasteiger partial charge in [0.2, 0.25) is 5.91 Å². The number of carbonyl (C=O) groups is 2. The number of benzene rings is 1. The Kier molecular flexibility index (Phi) is 5.75. The van der Waals surface area contributed by atoms with Gasteiger partial charge < -0.3 is 16.0 Å². The van der Waals surface area contributed by atoms with Crippen LogP contribution in [0, 0.1) is 3.57 Å². The van der Waals surface area contributed by atoms with Crippen LogP contribution < -0.4 is 16.0 Å². The zero-order valence-electron chi connectivity index (χ0n) is 9.42. The molecule has 0 aromatic heterocycles. The fourth-order valence-electron chi connectivity index (χ4n) is 1.15. The second kappa shape index (κ2) is 7.10. The molecule has 17 heavy (non-hydrogen) atoms. The Bertz CT molecular complexity index is 409. The number of hydrogen-bond acceptors (Lipinski definition) is 2. The maximum absolute atomic E-state index is 11.5. The number of urea groups is 1. The first-order valence-corrected chi connectivity index (χ1v) is 6.27. The lowest BCUT2D eigenvalue weighted by atomic mass is 10.3.